The molecular formula is C20H31NO3. The maximum atomic E-state index is 5.71. The molecule has 0 radical (unpaired) electrons. The van der Waals surface area contributed by atoms with Crippen molar-refractivity contribution in [1.82, 2.24) is 5.32 Å². The maximum absolute atomic E-state index is 5.71. The Balaban J connectivity index is 1.75. The monoisotopic (exact) mass is 333 g/mol. The van der Waals surface area contributed by atoms with E-state index in [9.17, 15) is 0 Å². The van der Waals surface area contributed by atoms with Gasteiger partial charge < -0.3 is 19.5 Å². The van der Waals surface area contributed by atoms with Crippen LogP contribution in [0.3, 0.4) is 0 Å². The zero-order valence-electron chi connectivity index (χ0n) is 15.1. The van der Waals surface area contributed by atoms with Crippen LogP contribution < -0.4 is 14.8 Å². The summed E-state index contributed by atoms with van der Waals surface area (Å²) in [5.41, 5.74) is 2.83. The van der Waals surface area contributed by atoms with Crippen molar-refractivity contribution in [3.8, 4) is 11.5 Å². The molecule has 0 aliphatic heterocycles. The molecule has 1 N–H and O–H groups in total. The molecule has 24 heavy (non-hydrogen) atoms. The van der Waals surface area contributed by atoms with Crippen LogP contribution in [0, 0.1) is 0 Å². The smallest absolute Gasteiger partial charge is 0.161 e. The molecule has 0 unspecified atom stereocenters. The van der Waals surface area contributed by atoms with E-state index < -0.39 is 0 Å². The lowest BCUT2D eigenvalue weighted by molar-refractivity contribution is 0.109. The highest BCUT2D eigenvalue weighted by Crippen LogP contribution is 2.28. The standard InChI is InChI=1S/C20H31NO3/c1-3-23-13-14-24-19-10-9-18(15-20(19)22-2)16-21-12-11-17-7-5-4-6-8-17/h7,9-10,15,21H,3-6,8,11-14,16H2,1-2H3. The Kier molecular flexibility index (Phi) is 8.71. The fourth-order valence-corrected chi connectivity index (χ4v) is 2.91. The maximum Gasteiger partial charge on any atom is 0.161 e. The largest absolute Gasteiger partial charge is 0.493 e. The number of hydrogen-bond acceptors (Lipinski definition) is 4. The first-order valence-corrected chi connectivity index (χ1v) is 9.09. The highest BCUT2D eigenvalue weighted by molar-refractivity contribution is 5.42. The Morgan fingerprint density at radius 3 is 2.79 bits per heavy atom. The number of allylic oxidation sites excluding steroid dienone is 1. The number of methoxy groups -OCH3 is 1. The van der Waals surface area contributed by atoms with E-state index in [1.165, 1.54) is 31.2 Å². The molecule has 4 nitrogen and oxygen atoms in total. The van der Waals surface area contributed by atoms with Crippen LogP contribution in [0.4, 0.5) is 0 Å². The van der Waals surface area contributed by atoms with Crippen LogP contribution in [0.1, 0.15) is 44.6 Å². The minimum atomic E-state index is 0.539. The normalized spacial score (nSPS) is 14.3. The van der Waals surface area contributed by atoms with Crippen molar-refractivity contribution in [1.29, 1.82) is 0 Å². The van der Waals surface area contributed by atoms with Gasteiger partial charge in [-0.15, -0.1) is 0 Å². The third-order valence-corrected chi connectivity index (χ3v) is 4.25. The summed E-state index contributed by atoms with van der Waals surface area (Å²) in [7, 11) is 1.68. The van der Waals surface area contributed by atoms with Gasteiger partial charge >= 0.3 is 0 Å². The Bertz CT molecular complexity index is 514. The first-order valence-electron chi connectivity index (χ1n) is 9.09. The van der Waals surface area contributed by atoms with Crippen molar-refractivity contribution in [3.05, 3.63) is 35.4 Å². The topological polar surface area (TPSA) is 39.7 Å². The summed E-state index contributed by atoms with van der Waals surface area (Å²) in [6, 6.07) is 6.11. The van der Waals surface area contributed by atoms with Gasteiger partial charge in [-0.05, 0) is 63.3 Å². The number of hydrogen-bond donors (Lipinski definition) is 1. The summed E-state index contributed by atoms with van der Waals surface area (Å²) in [5.74, 6) is 1.55. The van der Waals surface area contributed by atoms with Crippen LogP contribution in [0.15, 0.2) is 29.8 Å². The molecule has 1 aromatic rings. The van der Waals surface area contributed by atoms with Crippen molar-refractivity contribution < 1.29 is 14.2 Å². The van der Waals surface area contributed by atoms with Crippen molar-refractivity contribution >= 4 is 0 Å². The Labute approximate surface area is 146 Å². The van der Waals surface area contributed by atoms with Gasteiger partial charge in [-0.3, -0.25) is 0 Å². The molecule has 0 amide bonds. The third kappa shape index (κ3) is 6.54. The molecule has 0 bridgehead atoms. The van der Waals surface area contributed by atoms with Gasteiger partial charge in [-0.1, -0.05) is 17.7 Å². The van der Waals surface area contributed by atoms with Gasteiger partial charge in [-0.2, -0.15) is 0 Å². The molecule has 1 aromatic carbocycles. The van der Waals surface area contributed by atoms with Crippen LogP contribution in [-0.4, -0.2) is 33.5 Å². The van der Waals surface area contributed by atoms with Crippen LogP contribution in [0.25, 0.3) is 0 Å². The molecule has 1 aliphatic rings. The van der Waals surface area contributed by atoms with Gasteiger partial charge in [0.25, 0.3) is 0 Å². The molecule has 0 atom stereocenters. The minimum absolute atomic E-state index is 0.539. The number of rotatable bonds is 11. The highest BCUT2D eigenvalue weighted by atomic mass is 16.5. The molecule has 0 heterocycles. The molecular weight excluding hydrogens is 302 g/mol. The average Bonchev–Trinajstić information content (AvgIpc) is 2.64. The molecule has 0 saturated heterocycles. The lowest BCUT2D eigenvalue weighted by Crippen LogP contribution is -2.16. The number of benzene rings is 1. The van der Waals surface area contributed by atoms with Crippen LogP contribution >= 0.6 is 0 Å². The molecule has 1 aliphatic carbocycles. The van der Waals surface area contributed by atoms with Gasteiger partial charge in [0.15, 0.2) is 11.5 Å². The van der Waals surface area contributed by atoms with Crippen molar-refractivity contribution in [2.45, 2.75) is 45.6 Å². The van der Waals surface area contributed by atoms with Crippen LogP contribution in [-0.2, 0) is 11.3 Å². The fourth-order valence-electron chi connectivity index (χ4n) is 2.91. The predicted molar refractivity (Wildman–Crippen MR) is 97.9 cm³/mol. The lowest BCUT2D eigenvalue weighted by atomic mass is 9.97. The second-order valence-corrected chi connectivity index (χ2v) is 6.07. The van der Waals surface area contributed by atoms with Crippen molar-refractivity contribution in [2.75, 3.05) is 33.5 Å². The highest BCUT2D eigenvalue weighted by Gasteiger charge is 2.07. The molecule has 0 aromatic heterocycles. The van der Waals surface area contributed by atoms with Gasteiger partial charge in [-0.25, -0.2) is 0 Å². The van der Waals surface area contributed by atoms with Gasteiger partial charge in [0.2, 0.25) is 0 Å². The molecule has 134 valence electrons. The van der Waals surface area contributed by atoms with E-state index >= 15 is 0 Å². The molecule has 0 spiro atoms. The summed E-state index contributed by atoms with van der Waals surface area (Å²) in [5, 5.41) is 3.52. The number of ether oxygens (including phenoxy) is 3. The minimum Gasteiger partial charge on any atom is -0.493 e. The van der Waals surface area contributed by atoms with E-state index in [0.29, 0.717) is 19.8 Å². The molecule has 2 rings (SSSR count). The summed E-state index contributed by atoms with van der Waals surface area (Å²) in [6.07, 6.45) is 8.84. The van der Waals surface area contributed by atoms with E-state index in [1.807, 2.05) is 19.1 Å². The molecule has 0 fully saturated rings. The quantitative estimate of drug-likeness (QED) is 0.489. The first-order chi connectivity index (χ1) is 11.8. The zero-order valence-corrected chi connectivity index (χ0v) is 15.1. The van der Waals surface area contributed by atoms with E-state index in [-0.39, 0.29) is 0 Å². The second kappa shape index (κ2) is 11.1. The molecule has 0 saturated carbocycles. The van der Waals surface area contributed by atoms with E-state index in [1.54, 1.807) is 12.7 Å². The van der Waals surface area contributed by atoms with E-state index in [0.717, 1.165) is 31.0 Å². The summed E-state index contributed by atoms with van der Waals surface area (Å²) in [6.45, 7) is 5.70. The zero-order chi connectivity index (χ0) is 17.0. The third-order valence-electron chi connectivity index (χ3n) is 4.25. The van der Waals surface area contributed by atoms with Crippen LogP contribution in [0.5, 0.6) is 11.5 Å². The summed E-state index contributed by atoms with van der Waals surface area (Å²) in [4.78, 5) is 0. The van der Waals surface area contributed by atoms with Crippen molar-refractivity contribution in [3.63, 3.8) is 0 Å². The van der Waals surface area contributed by atoms with Crippen LogP contribution in [0.2, 0.25) is 0 Å². The molecule has 4 heteroatoms. The predicted octanol–water partition coefficient (Wildman–Crippen LogP) is 4.09. The van der Waals surface area contributed by atoms with E-state index in [4.69, 9.17) is 14.2 Å². The Morgan fingerprint density at radius 2 is 2.04 bits per heavy atom. The summed E-state index contributed by atoms with van der Waals surface area (Å²) < 4.78 is 16.4. The van der Waals surface area contributed by atoms with Crippen molar-refractivity contribution in [2.24, 2.45) is 0 Å². The fraction of sp³-hybridized carbons (Fsp3) is 0.600. The summed E-state index contributed by atoms with van der Waals surface area (Å²) >= 11 is 0. The number of nitrogens with one attached hydrogen (secondary N) is 1. The lowest BCUT2D eigenvalue weighted by Gasteiger charge is -2.14. The van der Waals surface area contributed by atoms with Gasteiger partial charge in [0.05, 0.1) is 13.7 Å². The van der Waals surface area contributed by atoms with Gasteiger partial charge in [0, 0.05) is 13.2 Å². The Morgan fingerprint density at radius 1 is 1.12 bits per heavy atom. The van der Waals surface area contributed by atoms with Gasteiger partial charge in [0.1, 0.15) is 6.61 Å². The average molecular weight is 333 g/mol. The Hall–Kier alpha value is -1.52. The first kappa shape index (κ1) is 18.8. The SMILES string of the molecule is CCOCCOc1ccc(CNCCC2=CCCCC2)cc1OC. The van der Waals surface area contributed by atoms with E-state index in [2.05, 4.69) is 17.5 Å². The second-order valence-electron chi connectivity index (χ2n) is 6.07.